The highest BCUT2D eigenvalue weighted by molar-refractivity contribution is 7.93. The minimum absolute atomic E-state index is 0.231. The van der Waals surface area contributed by atoms with E-state index in [-0.39, 0.29) is 17.7 Å². The zero-order valence-electron chi connectivity index (χ0n) is 9.05. The van der Waals surface area contributed by atoms with E-state index >= 15 is 0 Å². The molecular weight excluding hydrogens is 240 g/mol. The number of rotatable bonds is 3. The van der Waals surface area contributed by atoms with Crippen LogP contribution in [0.4, 0.5) is 5.82 Å². The second-order valence-corrected chi connectivity index (χ2v) is 5.70. The Morgan fingerprint density at radius 1 is 1.53 bits per heavy atom. The van der Waals surface area contributed by atoms with Crippen molar-refractivity contribution < 1.29 is 13.5 Å². The summed E-state index contributed by atoms with van der Waals surface area (Å²) in [5.41, 5.74) is 0.613. The fourth-order valence-electron chi connectivity index (χ4n) is 1.31. The smallest absolute Gasteiger partial charge is 0.236 e. The SMILES string of the molecule is O=S(=O)(Nc1cc(C#CCO)ccn1)C1CC1. The maximum atomic E-state index is 11.7. The van der Waals surface area contributed by atoms with E-state index in [1.807, 2.05) is 0 Å². The predicted octanol–water partition coefficient (Wildman–Crippen LogP) is 0.329. The Hall–Kier alpha value is -1.58. The first-order valence-corrected chi connectivity index (χ1v) is 6.74. The quantitative estimate of drug-likeness (QED) is 0.760. The van der Waals surface area contributed by atoms with Crippen LogP contribution in [0.2, 0.25) is 0 Å². The van der Waals surface area contributed by atoms with Crippen LogP contribution in [-0.4, -0.2) is 30.4 Å². The third-order valence-electron chi connectivity index (χ3n) is 2.28. The summed E-state index contributed by atoms with van der Waals surface area (Å²) < 4.78 is 25.7. The molecule has 2 rings (SSSR count). The van der Waals surface area contributed by atoms with Crippen LogP contribution in [-0.2, 0) is 10.0 Å². The molecule has 1 heterocycles. The number of hydrogen-bond donors (Lipinski definition) is 2. The van der Waals surface area contributed by atoms with Crippen molar-refractivity contribution in [2.45, 2.75) is 18.1 Å². The summed E-state index contributed by atoms with van der Waals surface area (Å²) >= 11 is 0. The van der Waals surface area contributed by atoms with Gasteiger partial charge in [-0.3, -0.25) is 4.72 Å². The second-order valence-electron chi connectivity index (χ2n) is 3.74. The van der Waals surface area contributed by atoms with Crippen LogP contribution in [0.15, 0.2) is 18.3 Å². The van der Waals surface area contributed by atoms with Crippen molar-refractivity contribution in [2.75, 3.05) is 11.3 Å². The highest BCUT2D eigenvalue weighted by atomic mass is 32.2. The summed E-state index contributed by atoms with van der Waals surface area (Å²) in [5, 5.41) is 8.28. The first-order valence-electron chi connectivity index (χ1n) is 5.19. The van der Waals surface area contributed by atoms with Crippen molar-refractivity contribution in [3.63, 3.8) is 0 Å². The van der Waals surface area contributed by atoms with Gasteiger partial charge in [0.25, 0.3) is 0 Å². The zero-order valence-corrected chi connectivity index (χ0v) is 9.87. The fourth-order valence-corrected chi connectivity index (χ4v) is 2.64. The van der Waals surface area contributed by atoms with Crippen molar-refractivity contribution in [3.05, 3.63) is 23.9 Å². The minimum Gasteiger partial charge on any atom is -0.384 e. The van der Waals surface area contributed by atoms with Crippen LogP contribution in [0.3, 0.4) is 0 Å². The van der Waals surface area contributed by atoms with Gasteiger partial charge >= 0.3 is 0 Å². The monoisotopic (exact) mass is 252 g/mol. The van der Waals surface area contributed by atoms with Crippen LogP contribution < -0.4 is 4.72 Å². The molecule has 6 heteroatoms. The normalized spacial score (nSPS) is 14.9. The maximum Gasteiger partial charge on any atom is 0.236 e. The van der Waals surface area contributed by atoms with Gasteiger partial charge in [0.1, 0.15) is 12.4 Å². The lowest BCUT2D eigenvalue weighted by molar-refractivity contribution is 0.350. The standard InChI is InChI=1S/C11H12N2O3S/c14-7-1-2-9-5-6-12-11(8-9)13-17(15,16)10-3-4-10/h5-6,8,10,14H,3-4,7H2,(H,12,13). The number of pyridine rings is 1. The highest BCUT2D eigenvalue weighted by Crippen LogP contribution is 2.29. The van der Waals surface area contributed by atoms with Crippen molar-refractivity contribution in [2.24, 2.45) is 0 Å². The lowest BCUT2D eigenvalue weighted by Gasteiger charge is -2.05. The Morgan fingerprint density at radius 3 is 2.94 bits per heavy atom. The number of aromatic nitrogens is 1. The fraction of sp³-hybridized carbons (Fsp3) is 0.364. The van der Waals surface area contributed by atoms with E-state index < -0.39 is 10.0 Å². The second kappa shape index (κ2) is 4.73. The number of aliphatic hydroxyl groups is 1. The zero-order chi connectivity index (χ0) is 12.3. The molecule has 0 atom stereocenters. The summed E-state index contributed by atoms with van der Waals surface area (Å²) in [6.07, 6.45) is 2.89. The minimum atomic E-state index is -3.29. The average molecular weight is 252 g/mol. The Labute approximate surface area is 99.9 Å². The first-order chi connectivity index (χ1) is 8.12. The Morgan fingerprint density at radius 2 is 2.29 bits per heavy atom. The average Bonchev–Trinajstić information content (AvgIpc) is 3.10. The summed E-state index contributed by atoms with van der Waals surface area (Å²) in [5.74, 6) is 5.45. The molecule has 0 bridgehead atoms. The van der Waals surface area contributed by atoms with Gasteiger partial charge in [0.05, 0.1) is 5.25 Å². The Bertz CT molecular complexity index is 568. The number of sulfonamides is 1. The summed E-state index contributed by atoms with van der Waals surface area (Å²) in [6.45, 7) is -0.231. The van der Waals surface area contributed by atoms with Crippen molar-refractivity contribution in [1.82, 2.24) is 4.98 Å². The highest BCUT2D eigenvalue weighted by Gasteiger charge is 2.35. The van der Waals surface area contributed by atoms with Crippen molar-refractivity contribution in [1.29, 1.82) is 0 Å². The molecule has 0 spiro atoms. The van der Waals surface area contributed by atoms with Crippen LogP contribution in [0.1, 0.15) is 18.4 Å². The molecule has 17 heavy (non-hydrogen) atoms. The molecule has 0 saturated heterocycles. The van der Waals surface area contributed by atoms with Gasteiger partial charge in [-0.15, -0.1) is 0 Å². The molecule has 2 N–H and O–H groups in total. The van der Waals surface area contributed by atoms with Gasteiger partial charge in [-0.05, 0) is 25.0 Å². The molecule has 90 valence electrons. The van der Waals surface area contributed by atoms with E-state index in [2.05, 4.69) is 21.5 Å². The largest absolute Gasteiger partial charge is 0.384 e. The lowest BCUT2D eigenvalue weighted by atomic mass is 10.2. The molecule has 0 aliphatic heterocycles. The lowest BCUT2D eigenvalue weighted by Crippen LogP contribution is -2.18. The first kappa shape index (κ1) is 11.9. The predicted molar refractivity (Wildman–Crippen MR) is 63.8 cm³/mol. The number of nitrogens with one attached hydrogen (secondary N) is 1. The van der Waals surface area contributed by atoms with E-state index in [1.54, 1.807) is 12.1 Å². The van der Waals surface area contributed by atoms with E-state index in [0.29, 0.717) is 18.4 Å². The Kier molecular flexibility index (Phi) is 3.31. The van der Waals surface area contributed by atoms with Gasteiger partial charge in [0, 0.05) is 11.8 Å². The van der Waals surface area contributed by atoms with Crippen molar-refractivity contribution in [3.8, 4) is 11.8 Å². The van der Waals surface area contributed by atoms with E-state index in [4.69, 9.17) is 5.11 Å². The number of nitrogens with zero attached hydrogens (tertiary/aromatic N) is 1. The molecule has 1 fully saturated rings. The van der Waals surface area contributed by atoms with Gasteiger partial charge in [-0.25, -0.2) is 13.4 Å². The van der Waals surface area contributed by atoms with E-state index in [9.17, 15) is 8.42 Å². The van der Waals surface area contributed by atoms with Gasteiger partial charge in [-0.2, -0.15) is 0 Å². The summed E-state index contributed by atoms with van der Waals surface area (Å²) in [7, 11) is -3.29. The molecular formula is C11H12N2O3S. The number of anilines is 1. The molecule has 1 aliphatic rings. The van der Waals surface area contributed by atoms with Gasteiger partial charge < -0.3 is 5.11 Å². The molecule has 1 aromatic heterocycles. The summed E-state index contributed by atoms with van der Waals surface area (Å²) in [6, 6.07) is 3.19. The van der Waals surface area contributed by atoms with Gasteiger partial charge in [0.2, 0.25) is 10.0 Å². The van der Waals surface area contributed by atoms with Gasteiger partial charge in [-0.1, -0.05) is 11.8 Å². The molecule has 0 unspecified atom stereocenters. The van der Waals surface area contributed by atoms with Crippen LogP contribution in [0, 0.1) is 11.8 Å². The van der Waals surface area contributed by atoms with Crippen LogP contribution in [0.5, 0.6) is 0 Å². The molecule has 5 nitrogen and oxygen atoms in total. The third-order valence-corrected chi connectivity index (χ3v) is 4.12. The molecule has 0 aromatic carbocycles. The third kappa shape index (κ3) is 3.19. The molecule has 1 aromatic rings. The van der Waals surface area contributed by atoms with Crippen molar-refractivity contribution >= 4 is 15.8 Å². The van der Waals surface area contributed by atoms with E-state index in [0.717, 1.165) is 0 Å². The van der Waals surface area contributed by atoms with E-state index in [1.165, 1.54) is 6.20 Å². The summed E-state index contributed by atoms with van der Waals surface area (Å²) in [4.78, 5) is 3.92. The Balaban J connectivity index is 2.16. The molecule has 1 aliphatic carbocycles. The topological polar surface area (TPSA) is 79.3 Å². The van der Waals surface area contributed by atoms with Crippen LogP contribution >= 0.6 is 0 Å². The van der Waals surface area contributed by atoms with Gasteiger partial charge in [0.15, 0.2) is 0 Å². The van der Waals surface area contributed by atoms with Crippen LogP contribution in [0.25, 0.3) is 0 Å². The number of aliphatic hydroxyl groups excluding tert-OH is 1. The molecule has 0 radical (unpaired) electrons. The maximum absolute atomic E-state index is 11.7. The molecule has 1 saturated carbocycles. The number of hydrogen-bond acceptors (Lipinski definition) is 4. The molecule has 0 amide bonds.